The number of likely N-dealkylation sites (tertiary alicyclic amines) is 1. The van der Waals surface area contributed by atoms with E-state index in [0.29, 0.717) is 31.9 Å². The quantitative estimate of drug-likeness (QED) is 0.547. The van der Waals surface area contributed by atoms with Crippen molar-refractivity contribution in [3.63, 3.8) is 0 Å². The van der Waals surface area contributed by atoms with Crippen LogP contribution in [0, 0.1) is 12.8 Å². The molecule has 5 rings (SSSR count). The summed E-state index contributed by atoms with van der Waals surface area (Å²) in [5, 5.41) is 13.6. The average molecular weight is 480 g/mol. The second kappa shape index (κ2) is 9.60. The molecule has 0 saturated carbocycles. The highest BCUT2D eigenvalue weighted by Gasteiger charge is 2.31. The molecule has 2 aliphatic heterocycles. The van der Waals surface area contributed by atoms with E-state index < -0.39 is 0 Å². The first-order valence-electron chi connectivity index (χ1n) is 11.7. The summed E-state index contributed by atoms with van der Waals surface area (Å²) in [6.45, 7) is 6.41. The third-order valence-electron chi connectivity index (χ3n) is 6.65. The molecule has 1 aromatic heterocycles. The van der Waals surface area contributed by atoms with Crippen molar-refractivity contribution in [1.82, 2.24) is 14.8 Å². The monoisotopic (exact) mass is 479 g/mol. The number of anilines is 2. The fourth-order valence-electron chi connectivity index (χ4n) is 4.60. The summed E-state index contributed by atoms with van der Waals surface area (Å²) in [5.74, 6) is 0.158. The van der Waals surface area contributed by atoms with Crippen LogP contribution in [0.4, 0.5) is 10.8 Å². The molecule has 34 heavy (non-hydrogen) atoms. The number of para-hydroxylation sites is 1. The van der Waals surface area contributed by atoms with Gasteiger partial charge in [-0.1, -0.05) is 23.5 Å². The molecule has 2 fully saturated rings. The molecule has 178 valence electrons. The van der Waals surface area contributed by atoms with Gasteiger partial charge >= 0.3 is 0 Å². The largest absolute Gasteiger partial charge is 0.508 e. The third-order valence-corrected chi connectivity index (χ3v) is 7.75. The summed E-state index contributed by atoms with van der Waals surface area (Å²) in [7, 11) is 0. The average Bonchev–Trinajstić information content (AvgIpc) is 3.49. The van der Waals surface area contributed by atoms with Crippen molar-refractivity contribution in [2.75, 3.05) is 56.0 Å². The van der Waals surface area contributed by atoms with Crippen molar-refractivity contribution < 1.29 is 14.7 Å². The Morgan fingerprint density at radius 3 is 2.68 bits per heavy atom. The maximum atomic E-state index is 12.9. The summed E-state index contributed by atoms with van der Waals surface area (Å²) in [6.07, 6.45) is 0.738. The van der Waals surface area contributed by atoms with Crippen molar-refractivity contribution in [3.05, 3.63) is 48.0 Å². The lowest BCUT2D eigenvalue weighted by Gasteiger charge is -2.35. The van der Waals surface area contributed by atoms with Gasteiger partial charge in [0.1, 0.15) is 5.75 Å². The van der Waals surface area contributed by atoms with Crippen molar-refractivity contribution in [1.29, 1.82) is 0 Å². The number of carbonyl (C=O) groups is 2. The summed E-state index contributed by atoms with van der Waals surface area (Å²) >= 11 is 1.70. The van der Waals surface area contributed by atoms with Gasteiger partial charge < -0.3 is 20.2 Å². The summed E-state index contributed by atoms with van der Waals surface area (Å²) in [5.41, 5.74) is 2.43. The van der Waals surface area contributed by atoms with Crippen LogP contribution in [0.3, 0.4) is 0 Å². The predicted molar refractivity (Wildman–Crippen MR) is 134 cm³/mol. The molecule has 0 spiro atoms. The number of aromatic nitrogens is 1. The summed E-state index contributed by atoms with van der Waals surface area (Å²) in [4.78, 5) is 36.6. The van der Waals surface area contributed by atoms with E-state index in [1.165, 1.54) is 4.70 Å². The zero-order valence-corrected chi connectivity index (χ0v) is 20.1. The highest BCUT2D eigenvalue weighted by molar-refractivity contribution is 7.22. The fraction of sp³-hybridized carbons (Fsp3) is 0.400. The number of nitrogens with zero attached hydrogens (tertiary/aromatic N) is 4. The Morgan fingerprint density at radius 1 is 1.12 bits per heavy atom. The molecule has 9 heteroatoms. The van der Waals surface area contributed by atoms with Crippen LogP contribution in [0.15, 0.2) is 42.5 Å². The Kier molecular flexibility index (Phi) is 6.38. The van der Waals surface area contributed by atoms with Crippen molar-refractivity contribution in [2.24, 2.45) is 5.92 Å². The fourth-order valence-corrected chi connectivity index (χ4v) is 5.62. The molecule has 0 aliphatic carbocycles. The number of aromatic hydroxyl groups is 1. The third kappa shape index (κ3) is 4.85. The Morgan fingerprint density at radius 2 is 1.91 bits per heavy atom. The molecule has 0 bridgehead atoms. The number of phenols is 1. The second-order valence-corrected chi connectivity index (χ2v) is 10.1. The molecule has 2 aromatic carbocycles. The minimum absolute atomic E-state index is 0.0375. The van der Waals surface area contributed by atoms with E-state index in [1.807, 2.05) is 23.1 Å². The maximum Gasteiger partial charge on any atom is 0.236 e. The van der Waals surface area contributed by atoms with Gasteiger partial charge in [0.05, 0.1) is 22.7 Å². The molecule has 2 N–H and O–H groups in total. The van der Waals surface area contributed by atoms with Crippen LogP contribution in [0.5, 0.6) is 5.75 Å². The van der Waals surface area contributed by atoms with E-state index in [2.05, 4.69) is 21.2 Å². The predicted octanol–water partition coefficient (Wildman–Crippen LogP) is 2.92. The van der Waals surface area contributed by atoms with Gasteiger partial charge in [-0.05, 0) is 55.8 Å². The lowest BCUT2D eigenvalue weighted by molar-refractivity contribution is -0.132. The number of thiazole rings is 1. The number of phenolic OH excluding ortho intramolecular Hbond substituents is 1. The maximum absolute atomic E-state index is 12.9. The number of carbonyl (C=O) groups excluding carboxylic acids is 2. The Labute approximate surface area is 202 Å². The van der Waals surface area contributed by atoms with E-state index in [1.54, 1.807) is 36.5 Å². The molecule has 8 nitrogen and oxygen atoms in total. The smallest absolute Gasteiger partial charge is 0.236 e. The van der Waals surface area contributed by atoms with Crippen molar-refractivity contribution in [3.8, 4) is 5.75 Å². The number of hydrogen-bond acceptors (Lipinski definition) is 7. The molecule has 2 saturated heterocycles. The highest BCUT2D eigenvalue weighted by Crippen LogP contribution is 2.29. The lowest BCUT2D eigenvalue weighted by atomic mass is 10.1. The van der Waals surface area contributed by atoms with E-state index >= 15 is 0 Å². The van der Waals surface area contributed by atoms with E-state index in [-0.39, 0.29) is 23.5 Å². The highest BCUT2D eigenvalue weighted by atomic mass is 32.1. The molecular weight excluding hydrogens is 450 g/mol. The molecular formula is C25H29N5O3S. The number of piperazine rings is 1. The topological polar surface area (TPSA) is 89.0 Å². The Balaban J connectivity index is 1.09. The number of hydrogen-bond donors (Lipinski definition) is 2. The molecule has 3 heterocycles. The van der Waals surface area contributed by atoms with Gasteiger partial charge in [-0.25, -0.2) is 4.98 Å². The number of benzene rings is 2. The molecule has 2 aliphatic rings. The summed E-state index contributed by atoms with van der Waals surface area (Å²) in [6, 6.07) is 13.2. The number of aryl methyl sites for hydroxylation is 1. The first-order chi connectivity index (χ1) is 16.5. The number of nitrogens with one attached hydrogen (secondary N) is 1. The second-order valence-electron chi connectivity index (χ2n) is 9.04. The summed E-state index contributed by atoms with van der Waals surface area (Å²) < 4.78 is 1.18. The van der Waals surface area contributed by atoms with Crippen LogP contribution < -0.4 is 10.2 Å². The molecule has 1 atom stereocenters. The number of rotatable bonds is 5. The van der Waals surface area contributed by atoms with E-state index in [9.17, 15) is 14.7 Å². The minimum Gasteiger partial charge on any atom is -0.508 e. The zero-order chi connectivity index (χ0) is 23.7. The van der Waals surface area contributed by atoms with Gasteiger partial charge in [0, 0.05) is 38.4 Å². The Hall–Kier alpha value is -3.17. The number of fused-ring (bicyclic) bond motifs is 1. The minimum atomic E-state index is -0.141. The van der Waals surface area contributed by atoms with E-state index in [4.69, 9.17) is 4.98 Å². The van der Waals surface area contributed by atoms with Gasteiger partial charge in [0.25, 0.3) is 0 Å². The molecule has 0 radical (unpaired) electrons. The van der Waals surface area contributed by atoms with Crippen LogP contribution in [-0.2, 0) is 9.59 Å². The van der Waals surface area contributed by atoms with E-state index in [0.717, 1.165) is 42.3 Å². The van der Waals surface area contributed by atoms with Gasteiger partial charge in [-0.2, -0.15) is 0 Å². The van der Waals surface area contributed by atoms with Gasteiger partial charge in [-0.15, -0.1) is 0 Å². The molecule has 1 unspecified atom stereocenters. The van der Waals surface area contributed by atoms with Gasteiger partial charge in [-0.3, -0.25) is 14.5 Å². The van der Waals surface area contributed by atoms with Crippen molar-refractivity contribution in [2.45, 2.75) is 13.3 Å². The van der Waals surface area contributed by atoms with Crippen molar-refractivity contribution >= 4 is 44.2 Å². The first-order valence-corrected chi connectivity index (χ1v) is 12.5. The standard InChI is InChI=1S/C25H29N5O3S/c1-17-14-19(6-7-21(17)31)26-24(33)18-8-9-28(15-18)16-23(32)29-10-12-30(13-11-29)25-27-20-4-2-3-5-22(20)34-25/h2-7,14,18,31H,8-13,15-16H2,1H3,(H,26,33). The lowest BCUT2D eigenvalue weighted by Crippen LogP contribution is -2.51. The Bertz CT molecular complexity index is 1170. The van der Waals surface area contributed by atoms with Crippen LogP contribution >= 0.6 is 11.3 Å². The van der Waals surface area contributed by atoms with Gasteiger partial charge in [0.2, 0.25) is 11.8 Å². The number of amides is 2. The van der Waals surface area contributed by atoms with Crippen LogP contribution in [-0.4, -0.2) is 77.5 Å². The molecule has 3 aromatic rings. The van der Waals surface area contributed by atoms with Crippen LogP contribution in [0.1, 0.15) is 12.0 Å². The van der Waals surface area contributed by atoms with Crippen LogP contribution in [0.2, 0.25) is 0 Å². The first kappa shape index (κ1) is 22.6. The van der Waals surface area contributed by atoms with Crippen LogP contribution in [0.25, 0.3) is 10.2 Å². The zero-order valence-electron chi connectivity index (χ0n) is 19.2. The normalized spacial score (nSPS) is 19.0. The van der Waals surface area contributed by atoms with Gasteiger partial charge in [0.15, 0.2) is 5.13 Å². The molecule has 2 amide bonds. The SMILES string of the molecule is Cc1cc(NC(=O)C2CCN(CC(=O)N3CCN(c4nc5ccccc5s4)CC3)C2)ccc1O.